The third kappa shape index (κ3) is 2.93. The summed E-state index contributed by atoms with van der Waals surface area (Å²) < 4.78 is 0.852. The Balaban J connectivity index is 2.16. The number of hydrogen-bond acceptors (Lipinski definition) is 4. The lowest BCUT2D eigenvalue weighted by Gasteiger charge is -2.03. The van der Waals surface area contributed by atoms with Crippen LogP contribution in [0.5, 0.6) is 0 Å². The molecule has 0 bridgehead atoms. The van der Waals surface area contributed by atoms with Crippen LogP contribution in [0.1, 0.15) is 20.7 Å². The molecule has 0 aliphatic rings. The molecule has 0 radical (unpaired) electrons. The molecule has 0 aliphatic heterocycles. The molecule has 18 heavy (non-hydrogen) atoms. The van der Waals surface area contributed by atoms with E-state index < -0.39 is 5.97 Å². The van der Waals surface area contributed by atoms with Gasteiger partial charge in [-0.2, -0.15) is 0 Å². The van der Waals surface area contributed by atoms with E-state index in [4.69, 9.17) is 5.11 Å². The number of rotatable bonds is 3. The summed E-state index contributed by atoms with van der Waals surface area (Å²) in [5, 5.41) is 13.1. The Morgan fingerprint density at radius 3 is 2.67 bits per heavy atom. The van der Waals surface area contributed by atoms with Crippen molar-refractivity contribution in [3.8, 4) is 0 Å². The Hall–Kier alpha value is -1.73. The number of pyridine rings is 1. The molecule has 92 valence electrons. The second-order valence-corrected chi connectivity index (χ2v) is 5.65. The van der Waals surface area contributed by atoms with Crippen molar-refractivity contribution in [1.82, 2.24) is 4.98 Å². The Bertz CT molecular complexity index is 612. The molecule has 0 unspecified atom stereocenters. The Labute approximate surface area is 115 Å². The fourth-order valence-electron chi connectivity index (χ4n) is 1.26. The minimum atomic E-state index is -1.09. The molecule has 0 aromatic carbocycles. The van der Waals surface area contributed by atoms with Crippen LogP contribution in [-0.4, -0.2) is 22.0 Å². The maximum atomic E-state index is 11.8. The number of nitrogens with one attached hydrogen (secondary N) is 1. The number of nitrogens with zero attached hydrogens (tertiary/aromatic N) is 1. The molecule has 0 saturated carbocycles. The summed E-state index contributed by atoms with van der Waals surface area (Å²) in [7, 11) is 0. The quantitative estimate of drug-likeness (QED) is 0.908. The Morgan fingerprint density at radius 1 is 1.28 bits per heavy atom. The molecule has 7 heteroatoms. The molecular weight excluding hydrogens is 320 g/mol. The summed E-state index contributed by atoms with van der Waals surface area (Å²) in [6.45, 7) is 0. The summed E-state index contributed by atoms with van der Waals surface area (Å²) in [6, 6.07) is 3.04. The third-order valence-electron chi connectivity index (χ3n) is 2.07. The van der Waals surface area contributed by atoms with Crippen LogP contribution in [0, 0.1) is 0 Å². The molecule has 0 fully saturated rings. The van der Waals surface area contributed by atoms with E-state index in [9.17, 15) is 9.59 Å². The monoisotopic (exact) mass is 326 g/mol. The largest absolute Gasteiger partial charge is 0.478 e. The zero-order valence-electron chi connectivity index (χ0n) is 8.88. The van der Waals surface area contributed by atoms with Crippen LogP contribution in [0.3, 0.4) is 0 Å². The second-order valence-electron chi connectivity index (χ2n) is 3.36. The van der Waals surface area contributed by atoms with Crippen LogP contribution in [0.15, 0.2) is 33.7 Å². The molecule has 2 heterocycles. The van der Waals surface area contributed by atoms with Gasteiger partial charge in [0.25, 0.3) is 5.91 Å². The second kappa shape index (κ2) is 5.28. The maximum absolute atomic E-state index is 11.8. The normalized spacial score (nSPS) is 10.1. The van der Waals surface area contributed by atoms with E-state index in [1.165, 1.54) is 29.8 Å². The average molecular weight is 327 g/mol. The van der Waals surface area contributed by atoms with E-state index in [1.807, 2.05) is 0 Å². The highest BCUT2D eigenvalue weighted by Gasteiger charge is 2.10. The molecule has 0 saturated heterocycles. The molecule has 0 spiro atoms. The predicted octanol–water partition coefficient (Wildman–Crippen LogP) is 2.86. The lowest BCUT2D eigenvalue weighted by atomic mass is 10.2. The number of thiophene rings is 1. The highest BCUT2D eigenvalue weighted by Crippen LogP contribution is 2.21. The number of carboxylic acids is 1. The van der Waals surface area contributed by atoms with Gasteiger partial charge in [-0.15, -0.1) is 11.3 Å². The SMILES string of the molecule is O=C(O)c1cncc(NC(=O)c2csc(Br)c2)c1. The molecule has 2 N–H and O–H groups in total. The molecule has 0 atom stereocenters. The van der Waals surface area contributed by atoms with E-state index in [0.717, 1.165) is 3.79 Å². The number of carbonyl (C=O) groups excluding carboxylic acids is 1. The number of carboxylic acid groups (broad SMARTS) is 1. The minimum Gasteiger partial charge on any atom is -0.478 e. The summed E-state index contributed by atoms with van der Waals surface area (Å²) in [4.78, 5) is 26.3. The highest BCUT2D eigenvalue weighted by molar-refractivity contribution is 9.11. The molecular formula is C11H7BrN2O3S. The lowest BCUT2D eigenvalue weighted by Crippen LogP contribution is -2.11. The van der Waals surface area contributed by atoms with Crippen LogP contribution < -0.4 is 5.32 Å². The highest BCUT2D eigenvalue weighted by atomic mass is 79.9. The molecule has 5 nitrogen and oxygen atoms in total. The number of halogens is 1. The van der Waals surface area contributed by atoms with Gasteiger partial charge in [-0.3, -0.25) is 9.78 Å². The first kappa shape index (κ1) is 12.7. The Morgan fingerprint density at radius 2 is 2.06 bits per heavy atom. The van der Waals surface area contributed by atoms with Crippen molar-refractivity contribution in [3.63, 3.8) is 0 Å². The number of hydrogen-bond donors (Lipinski definition) is 2. The van der Waals surface area contributed by atoms with Crippen LogP contribution >= 0.6 is 27.3 Å². The van der Waals surface area contributed by atoms with Gasteiger partial charge in [0.15, 0.2) is 0 Å². The average Bonchev–Trinajstić information content (AvgIpc) is 2.76. The third-order valence-corrected chi connectivity index (χ3v) is 3.58. The molecule has 1 amide bonds. The fraction of sp³-hybridized carbons (Fsp3) is 0. The first-order valence-corrected chi connectivity index (χ1v) is 6.47. The molecule has 2 aromatic heterocycles. The van der Waals surface area contributed by atoms with E-state index in [2.05, 4.69) is 26.2 Å². The van der Waals surface area contributed by atoms with Gasteiger partial charge in [0, 0.05) is 11.6 Å². The summed E-state index contributed by atoms with van der Waals surface area (Å²) >= 11 is 4.66. The van der Waals surface area contributed by atoms with Gasteiger partial charge in [0.05, 0.1) is 26.8 Å². The summed E-state index contributed by atoms with van der Waals surface area (Å²) in [5.74, 6) is -1.39. The predicted molar refractivity (Wildman–Crippen MR) is 71.2 cm³/mol. The van der Waals surface area contributed by atoms with Gasteiger partial charge in [-0.25, -0.2) is 4.79 Å². The maximum Gasteiger partial charge on any atom is 0.337 e. The minimum absolute atomic E-state index is 0.0271. The van der Waals surface area contributed by atoms with Crippen molar-refractivity contribution in [1.29, 1.82) is 0 Å². The van der Waals surface area contributed by atoms with Gasteiger partial charge in [-0.1, -0.05) is 0 Å². The number of carbonyl (C=O) groups is 2. The van der Waals surface area contributed by atoms with Crippen molar-refractivity contribution in [3.05, 3.63) is 44.8 Å². The lowest BCUT2D eigenvalue weighted by molar-refractivity contribution is 0.0696. The van der Waals surface area contributed by atoms with Crippen molar-refractivity contribution in [2.24, 2.45) is 0 Å². The van der Waals surface area contributed by atoms with E-state index in [-0.39, 0.29) is 11.5 Å². The fourth-order valence-corrected chi connectivity index (χ4v) is 2.39. The van der Waals surface area contributed by atoms with Gasteiger partial charge >= 0.3 is 5.97 Å². The van der Waals surface area contributed by atoms with Gasteiger partial charge in [0.1, 0.15) is 0 Å². The smallest absolute Gasteiger partial charge is 0.337 e. The first-order chi connectivity index (χ1) is 8.56. The zero-order chi connectivity index (χ0) is 13.1. The molecule has 0 aliphatic carbocycles. The van der Waals surface area contributed by atoms with E-state index >= 15 is 0 Å². The first-order valence-electron chi connectivity index (χ1n) is 4.80. The topological polar surface area (TPSA) is 79.3 Å². The van der Waals surface area contributed by atoms with Crippen LogP contribution in [0.2, 0.25) is 0 Å². The number of anilines is 1. The Kier molecular flexibility index (Phi) is 3.73. The van der Waals surface area contributed by atoms with Crippen molar-refractivity contribution in [2.45, 2.75) is 0 Å². The van der Waals surface area contributed by atoms with Crippen molar-refractivity contribution < 1.29 is 14.7 Å². The van der Waals surface area contributed by atoms with Gasteiger partial charge < -0.3 is 10.4 Å². The van der Waals surface area contributed by atoms with Gasteiger partial charge in [0.2, 0.25) is 0 Å². The number of aromatic carboxylic acids is 1. The molecule has 2 rings (SSSR count). The number of aromatic nitrogens is 1. The number of amides is 1. The summed E-state index contributed by atoms with van der Waals surface area (Å²) in [5.41, 5.74) is 0.883. The molecule has 2 aromatic rings. The van der Waals surface area contributed by atoms with Crippen molar-refractivity contribution in [2.75, 3.05) is 5.32 Å². The van der Waals surface area contributed by atoms with Gasteiger partial charge in [-0.05, 0) is 28.1 Å². The summed E-state index contributed by atoms with van der Waals surface area (Å²) in [6.07, 6.45) is 2.62. The standard InChI is InChI=1S/C11H7BrN2O3S/c12-9-2-7(5-18-9)10(15)14-8-1-6(11(16)17)3-13-4-8/h1-5H,(H,14,15)(H,16,17). The van der Waals surface area contributed by atoms with Crippen molar-refractivity contribution >= 4 is 44.8 Å². The van der Waals surface area contributed by atoms with Crippen LogP contribution in [0.4, 0.5) is 5.69 Å². The van der Waals surface area contributed by atoms with Crippen LogP contribution in [-0.2, 0) is 0 Å². The van der Waals surface area contributed by atoms with Crippen LogP contribution in [0.25, 0.3) is 0 Å². The van der Waals surface area contributed by atoms with E-state index in [1.54, 1.807) is 11.4 Å². The van der Waals surface area contributed by atoms with E-state index in [0.29, 0.717) is 11.3 Å². The zero-order valence-corrected chi connectivity index (χ0v) is 11.3.